The minimum atomic E-state index is -1.13. The second-order valence-corrected chi connectivity index (χ2v) is 11.0. The molecule has 0 aliphatic heterocycles. The fraction of sp³-hybridized carbons (Fsp3) is 0.759. The Labute approximate surface area is 279 Å². The van der Waals surface area contributed by atoms with Crippen LogP contribution in [0.4, 0.5) is 0 Å². The monoisotopic (exact) mass is 691 g/mol. The van der Waals surface area contributed by atoms with E-state index >= 15 is 0 Å². The number of carbonyl (C=O) groups excluding carboxylic acids is 6. The average Bonchev–Trinajstić information content (AvgIpc) is 3.06. The fourth-order valence-corrected chi connectivity index (χ4v) is 4.10. The summed E-state index contributed by atoms with van der Waals surface area (Å²) in [5.41, 5.74) is 1.51. The molecule has 9 N–H and O–H groups in total. The van der Waals surface area contributed by atoms with Gasteiger partial charge in [0.1, 0.15) is 0 Å². The number of carboxylic acid groups (broad SMARTS) is 1. The summed E-state index contributed by atoms with van der Waals surface area (Å²) in [6, 6.07) is 0. The Kier molecular flexibility index (Phi) is 25.8. The van der Waals surface area contributed by atoms with Gasteiger partial charge in [0.15, 0.2) is 0 Å². The molecule has 0 atom stereocenters. The second-order valence-electron chi connectivity index (χ2n) is 11.0. The lowest BCUT2D eigenvalue weighted by molar-refractivity contribution is -0.166. The highest BCUT2D eigenvalue weighted by Crippen LogP contribution is 2.04. The molecule has 0 spiro atoms. The van der Waals surface area contributed by atoms with Gasteiger partial charge in [0.05, 0.1) is 13.0 Å². The van der Waals surface area contributed by atoms with E-state index in [0.29, 0.717) is 92.6 Å². The van der Waals surface area contributed by atoms with Gasteiger partial charge in [-0.3, -0.25) is 54.4 Å². The number of nitrogens with zero attached hydrogens (tertiary/aromatic N) is 3. The van der Waals surface area contributed by atoms with Crippen LogP contribution in [0.1, 0.15) is 96.3 Å². The molecule has 0 fully saturated rings. The summed E-state index contributed by atoms with van der Waals surface area (Å²) in [5, 5.41) is 56.0. The molecular weight excluding hydrogens is 638 g/mol. The van der Waals surface area contributed by atoms with Gasteiger partial charge >= 0.3 is 5.97 Å². The molecule has 0 bridgehead atoms. The number of unbranched alkanes of at least 4 members (excludes halogenated alkanes) is 6. The van der Waals surface area contributed by atoms with Crippen molar-refractivity contribution in [1.29, 1.82) is 0 Å². The second kappa shape index (κ2) is 28.1. The van der Waals surface area contributed by atoms with Gasteiger partial charge in [-0.15, -0.1) is 0 Å². The number of rotatable bonds is 29. The van der Waals surface area contributed by atoms with Gasteiger partial charge in [-0.1, -0.05) is 6.42 Å². The average molecular weight is 692 g/mol. The minimum Gasteiger partial charge on any atom is -0.481 e. The molecule has 19 nitrogen and oxygen atoms in total. The summed E-state index contributed by atoms with van der Waals surface area (Å²) in [4.78, 5) is 80.8. The summed E-state index contributed by atoms with van der Waals surface area (Å²) in [5.74, 6) is -4.21. The first kappa shape index (κ1) is 44.1. The van der Waals surface area contributed by atoms with Crippen LogP contribution >= 0.6 is 0 Å². The Morgan fingerprint density at radius 3 is 1.21 bits per heavy atom. The zero-order valence-corrected chi connectivity index (χ0v) is 27.5. The van der Waals surface area contributed by atoms with Crippen molar-refractivity contribution in [2.45, 2.75) is 96.3 Å². The van der Waals surface area contributed by atoms with E-state index in [9.17, 15) is 49.2 Å². The molecular formula is C29H53N7O12. The van der Waals surface area contributed by atoms with E-state index in [1.165, 1.54) is 5.48 Å². The Bertz CT molecular complexity index is 1000. The molecule has 0 rings (SSSR count). The van der Waals surface area contributed by atoms with E-state index in [-0.39, 0.29) is 76.5 Å². The van der Waals surface area contributed by atoms with Crippen LogP contribution in [0.15, 0.2) is 0 Å². The van der Waals surface area contributed by atoms with E-state index in [4.69, 9.17) is 10.3 Å². The number of hydroxylamine groups is 7. The van der Waals surface area contributed by atoms with Crippen molar-refractivity contribution in [2.24, 2.45) is 0 Å². The third-order valence-electron chi connectivity index (χ3n) is 6.92. The van der Waals surface area contributed by atoms with E-state index < -0.39 is 29.6 Å². The molecule has 6 amide bonds. The first-order chi connectivity index (χ1) is 22.9. The lowest BCUT2D eigenvalue weighted by Crippen LogP contribution is -2.32. The summed E-state index contributed by atoms with van der Waals surface area (Å²) in [7, 11) is 0. The van der Waals surface area contributed by atoms with Crippen LogP contribution in [-0.4, -0.2) is 128 Å². The zero-order chi connectivity index (χ0) is 36.2. The maximum absolute atomic E-state index is 12.1. The highest BCUT2D eigenvalue weighted by molar-refractivity contribution is 5.84. The van der Waals surface area contributed by atoms with Crippen molar-refractivity contribution in [3.05, 3.63) is 0 Å². The number of hydrogen-bond donors (Lipinski definition) is 9. The highest BCUT2D eigenvalue weighted by Gasteiger charge is 2.15. The molecule has 0 aliphatic carbocycles. The maximum atomic E-state index is 12.1. The summed E-state index contributed by atoms with van der Waals surface area (Å²) in [6.07, 6.45) is 4.05. The molecule has 0 aromatic heterocycles. The van der Waals surface area contributed by atoms with Crippen LogP contribution in [0.25, 0.3) is 0 Å². The standard InChI is InChI=1S/C29H53N7O12/c37-23(10-12-26(40)34(46)19-7-1-4-16-30-22-25(39)33-45)31-17-5-2-8-20-35(47)27(41)13-11-24(38)32-18-6-3-9-21-36(48)28(42)14-15-29(43)44/h30,45-48H,1-22H2,(H,31,37)(H,32,38)(H,33,39)(H,43,44). The Balaban J connectivity index is 3.78. The van der Waals surface area contributed by atoms with Crippen molar-refractivity contribution in [2.75, 3.05) is 45.8 Å². The normalized spacial score (nSPS) is 10.6. The Morgan fingerprint density at radius 2 is 0.833 bits per heavy atom. The number of nitrogens with one attached hydrogen (secondary N) is 4. The van der Waals surface area contributed by atoms with Crippen molar-refractivity contribution in [3.8, 4) is 0 Å². The Morgan fingerprint density at radius 1 is 0.458 bits per heavy atom. The lowest BCUT2D eigenvalue weighted by atomic mass is 10.2. The van der Waals surface area contributed by atoms with E-state index in [1.807, 2.05) is 0 Å². The molecule has 276 valence electrons. The van der Waals surface area contributed by atoms with Gasteiger partial charge in [-0.05, 0) is 57.9 Å². The smallest absolute Gasteiger partial charge is 0.303 e. The van der Waals surface area contributed by atoms with Crippen LogP contribution in [0.3, 0.4) is 0 Å². The molecule has 0 radical (unpaired) electrons. The summed E-state index contributed by atoms with van der Waals surface area (Å²) in [6.45, 7) is 1.43. The highest BCUT2D eigenvalue weighted by atomic mass is 16.5. The summed E-state index contributed by atoms with van der Waals surface area (Å²) < 4.78 is 0. The molecule has 0 unspecified atom stereocenters. The van der Waals surface area contributed by atoms with Crippen molar-refractivity contribution >= 4 is 41.4 Å². The predicted molar refractivity (Wildman–Crippen MR) is 166 cm³/mol. The lowest BCUT2D eigenvalue weighted by Gasteiger charge is -2.15. The van der Waals surface area contributed by atoms with Crippen LogP contribution < -0.4 is 21.4 Å². The number of hydrogen-bond acceptors (Lipinski definition) is 12. The molecule has 19 heteroatoms. The van der Waals surface area contributed by atoms with Gasteiger partial charge < -0.3 is 21.1 Å². The minimum absolute atomic E-state index is 0.0114. The molecule has 0 saturated heterocycles. The molecule has 0 aromatic rings. The van der Waals surface area contributed by atoms with Crippen molar-refractivity contribution in [3.63, 3.8) is 0 Å². The molecule has 48 heavy (non-hydrogen) atoms. The van der Waals surface area contributed by atoms with Crippen LogP contribution in [0.5, 0.6) is 0 Å². The first-order valence-electron chi connectivity index (χ1n) is 16.2. The van der Waals surface area contributed by atoms with Gasteiger partial charge in [0.25, 0.3) is 5.91 Å². The van der Waals surface area contributed by atoms with E-state index in [0.717, 1.165) is 0 Å². The van der Waals surface area contributed by atoms with E-state index in [1.54, 1.807) is 0 Å². The quantitative estimate of drug-likeness (QED) is 0.0282. The van der Waals surface area contributed by atoms with Crippen LogP contribution in [0.2, 0.25) is 0 Å². The van der Waals surface area contributed by atoms with E-state index in [2.05, 4.69) is 16.0 Å². The Hall–Kier alpha value is -3.91. The van der Waals surface area contributed by atoms with Crippen molar-refractivity contribution in [1.82, 2.24) is 36.6 Å². The third kappa shape index (κ3) is 25.2. The topological polar surface area (TPSA) is 278 Å². The molecule has 0 aromatic carbocycles. The van der Waals surface area contributed by atoms with Gasteiger partial charge in [-0.2, -0.15) is 0 Å². The number of carbonyl (C=O) groups is 7. The fourth-order valence-electron chi connectivity index (χ4n) is 4.10. The van der Waals surface area contributed by atoms with Gasteiger partial charge in [0, 0.05) is 64.8 Å². The van der Waals surface area contributed by atoms with Crippen LogP contribution in [-0.2, 0) is 33.6 Å². The zero-order valence-electron chi connectivity index (χ0n) is 27.5. The third-order valence-corrected chi connectivity index (χ3v) is 6.92. The van der Waals surface area contributed by atoms with Crippen molar-refractivity contribution < 1.29 is 59.5 Å². The molecule has 0 heterocycles. The van der Waals surface area contributed by atoms with Crippen LogP contribution in [0, 0.1) is 0 Å². The maximum Gasteiger partial charge on any atom is 0.303 e. The number of aliphatic carboxylic acids is 1. The first-order valence-corrected chi connectivity index (χ1v) is 16.2. The summed E-state index contributed by atoms with van der Waals surface area (Å²) >= 11 is 0. The number of amides is 6. The largest absolute Gasteiger partial charge is 0.481 e. The number of carboxylic acids is 1. The predicted octanol–water partition coefficient (Wildman–Crippen LogP) is -0.0967. The molecule has 0 aliphatic rings. The van der Waals surface area contributed by atoms with Gasteiger partial charge in [0.2, 0.25) is 29.5 Å². The van der Waals surface area contributed by atoms with Gasteiger partial charge in [-0.25, -0.2) is 20.7 Å². The SMILES string of the molecule is O=C(O)CCC(=O)N(O)CCCCCNC(=O)CCC(=O)N(O)CCCCCNC(=O)CCC(=O)N(O)CCCCCNCC(=O)NO. The molecule has 0 saturated carbocycles.